The largest absolute Gasteiger partial charge is 0.443 e. The number of fused-ring (bicyclic) bond motifs is 1. The second kappa shape index (κ2) is 4.33. The van der Waals surface area contributed by atoms with E-state index in [0.29, 0.717) is 6.42 Å². The molecule has 2 aromatic rings. The van der Waals surface area contributed by atoms with E-state index in [1.54, 1.807) is 0 Å². The highest BCUT2D eigenvalue weighted by atomic mass is 16.3. The summed E-state index contributed by atoms with van der Waals surface area (Å²) >= 11 is 0. The van der Waals surface area contributed by atoms with Gasteiger partial charge in [0.25, 0.3) is 0 Å². The summed E-state index contributed by atoms with van der Waals surface area (Å²) in [5.74, 6) is 0. The second-order valence-electron chi connectivity index (χ2n) is 3.92. The predicted molar refractivity (Wildman–Crippen MR) is 60.7 cm³/mol. The second-order valence-corrected chi connectivity index (χ2v) is 3.92. The lowest BCUT2D eigenvalue weighted by Gasteiger charge is -2.21. The fourth-order valence-corrected chi connectivity index (χ4v) is 1.76. The molecule has 16 heavy (non-hydrogen) atoms. The number of nitriles is 1. The highest BCUT2D eigenvalue weighted by Crippen LogP contribution is 2.24. The van der Waals surface area contributed by atoms with Gasteiger partial charge in [-0.15, -0.1) is 0 Å². The molecule has 4 heteroatoms. The zero-order valence-corrected chi connectivity index (χ0v) is 9.34. The summed E-state index contributed by atoms with van der Waals surface area (Å²) in [6, 6.07) is 8.16. The third-order valence-corrected chi connectivity index (χ3v) is 2.65. The zero-order chi connectivity index (χ0) is 11.5. The van der Waals surface area contributed by atoms with Crippen LogP contribution in [0.2, 0.25) is 0 Å². The molecular formula is C12H13N3O. The molecule has 4 nitrogen and oxygen atoms in total. The van der Waals surface area contributed by atoms with E-state index < -0.39 is 0 Å². The Kier molecular flexibility index (Phi) is 2.88. The van der Waals surface area contributed by atoms with Crippen molar-refractivity contribution in [3.05, 3.63) is 30.2 Å². The van der Waals surface area contributed by atoms with Gasteiger partial charge in [0.2, 0.25) is 0 Å². The van der Waals surface area contributed by atoms with Gasteiger partial charge < -0.3 is 9.32 Å². The maximum atomic E-state index is 8.81. The predicted octanol–water partition coefficient (Wildman–Crippen LogP) is 2.34. The molecule has 82 valence electrons. The van der Waals surface area contributed by atoms with Gasteiger partial charge in [-0.2, -0.15) is 5.26 Å². The summed E-state index contributed by atoms with van der Waals surface area (Å²) in [7, 11) is 3.93. The van der Waals surface area contributed by atoms with Crippen LogP contribution in [0.4, 0.5) is 0 Å². The van der Waals surface area contributed by atoms with Crippen LogP contribution in [0.1, 0.15) is 18.0 Å². The van der Waals surface area contributed by atoms with Crippen LogP contribution in [0.3, 0.4) is 0 Å². The molecule has 0 fully saturated rings. The van der Waals surface area contributed by atoms with E-state index in [1.807, 2.05) is 37.2 Å². The monoisotopic (exact) mass is 215 g/mol. The van der Waals surface area contributed by atoms with E-state index in [0.717, 1.165) is 16.7 Å². The lowest BCUT2D eigenvalue weighted by Crippen LogP contribution is -2.19. The molecule has 1 heterocycles. The van der Waals surface area contributed by atoms with E-state index in [-0.39, 0.29) is 6.04 Å². The standard InChI is InChI=1S/C12H13N3O/c1-15(2)11(5-6-13)9-3-4-10-12(7-9)16-8-14-10/h3-4,7-8,11H,5H2,1-2H3. The van der Waals surface area contributed by atoms with Gasteiger partial charge in [-0.3, -0.25) is 0 Å². The number of oxazole rings is 1. The third kappa shape index (κ3) is 1.90. The van der Waals surface area contributed by atoms with Gasteiger partial charge in [-0.25, -0.2) is 4.98 Å². The van der Waals surface area contributed by atoms with E-state index >= 15 is 0 Å². The molecule has 0 spiro atoms. The van der Waals surface area contributed by atoms with Gasteiger partial charge in [0.15, 0.2) is 12.0 Å². The smallest absolute Gasteiger partial charge is 0.181 e. The number of hydrogen-bond donors (Lipinski definition) is 0. The third-order valence-electron chi connectivity index (χ3n) is 2.65. The van der Waals surface area contributed by atoms with E-state index in [1.165, 1.54) is 6.39 Å². The molecule has 0 radical (unpaired) electrons. The fourth-order valence-electron chi connectivity index (χ4n) is 1.76. The van der Waals surface area contributed by atoms with Gasteiger partial charge in [0.05, 0.1) is 12.5 Å². The van der Waals surface area contributed by atoms with Crippen molar-refractivity contribution in [2.75, 3.05) is 14.1 Å². The highest BCUT2D eigenvalue weighted by Gasteiger charge is 2.14. The van der Waals surface area contributed by atoms with Crippen molar-refractivity contribution in [3.8, 4) is 6.07 Å². The molecule has 0 N–H and O–H groups in total. The minimum Gasteiger partial charge on any atom is -0.443 e. The zero-order valence-electron chi connectivity index (χ0n) is 9.34. The van der Waals surface area contributed by atoms with Crippen molar-refractivity contribution in [2.45, 2.75) is 12.5 Å². The summed E-state index contributed by atoms with van der Waals surface area (Å²) in [5.41, 5.74) is 2.69. The van der Waals surface area contributed by atoms with Gasteiger partial charge >= 0.3 is 0 Å². The van der Waals surface area contributed by atoms with Crippen LogP contribution in [-0.4, -0.2) is 24.0 Å². The Labute approximate surface area is 94.1 Å². The van der Waals surface area contributed by atoms with Crippen LogP contribution < -0.4 is 0 Å². The van der Waals surface area contributed by atoms with Crippen LogP contribution in [-0.2, 0) is 0 Å². The molecule has 0 aliphatic heterocycles. The lowest BCUT2D eigenvalue weighted by atomic mass is 10.0. The van der Waals surface area contributed by atoms with E-state index in [4.69, 9.17) is 9.68 Å². The Morgan fingerprint density at radius 3 is 3.00 bits per heavy atom. The molecule has 1 atom stereocenters. The SMILES string of the molecule is CN(C)C(CC#N)c1ccc2ncoc2c1. The Morgan fingerprint density at radius 1 is 1.50 bits per heavy atom. The Balaban J connectivity index is 2.40. The van der Waals surface area contributed by atoms with Crippen LogP contribution in [0, 0.1) is 11.3 Å². The fraction of sp³-hybridized carbons (Fsp3) is 0.333. The molecule has 0 saturated heterocycles. The van der Waals surface area contributed by atoms with Gasteiger partial charge in [0.1, 0.15) is 5.52 Å². The van der Waals surface area contributed by atoms with Crippen molar-refractivity contribution >= 4 is 11.1 Å². The maximum absolute atomic E-state index is 8.81. The van der Waals surface area contributed by atoms with Crippen molar-refractivity contribution in [2.24, 2.45) is 0 Å². The molecular weight excluding hydrogens is 202 g/mol. The first-order valence-electron chi connectivity index (χ1n) is 5.09. The maximum Gasteiger partial charge on any atom is 0.181 e. The Hall–Kier alpha value is -1.86. The normalized spacial score (nSPS) is 12.9. The number of nitrogens with zero attached hydrogens (tertiary/aromatic N) is 3. The first kappa shape index (κ1) is 10.7. The molecule has 0 bridgehead atoms. The van der Waals surface area contributed by atoms with E-state index in [2.05, 4.69) is 11.1 Å². The summed E-state index contributed by atoms with van der Waals surface area (Å²) in [6.45, 7) is 0. The first-order chi connectivity index (χ1) is 7.72. The summed E-state index contributed by atoms with van der Waals surface area (Å²) in [6.07, 6.45) is 1.90. The Bertz CT molecular complexity index is 524. The number of rotatable bonds is 3. The lowest BCUT2D eigenvalue weighted by molar-refractivity contribution is 0.303. The minimum atomic E-state index is 0.0968. The van der Waals surface area contributed by atoms with Crippen molar-refractivity contribution in [3.63, 3.8) is 0 Å². The molecule has 0 aliphatic rings. The summed E-state index contributed by atoms with van der Waals surface area (Å²) in [5, 5.41) is 8.81. The Morgan fingerprint density at radius 2 is 2.31 bits per heavy atom. The molecule has 1 aromatic carbocycles. The minimum absolute atomic E-state index is 0.0968. The molecule has 0 aliphatic carbocycles. The summed E-state index contributed by atoms with van der Waals surface area (Å²) in [4.78, 5) is 6.09. The molecule has 1 aromatic heterocycles. The van der Waals surface area contributed by atoms with Crippen molar-refractivity contribution in [1.29, 1.82) is 5.26 Å². The molecule has 0 saturated carbocycles. The van der Waals surface area contributed by atoms with Crippen LogP contribution in [0.5, 0.6) is 0 Å². The number of aromatic nitrogens is 1. The first-order valence-corrected chi connectivity index (χ1v) is 5.09. The number of benzene rings is 1. The number of hydrogen-bond acceptors (Lipinski definition) is 4. The summed E-state index contributed by atoms with van der Waals surface area (Å²) < 4.78 is 5.25. The quantitative estimate of drug-likeness (QED) is 0.788. The average Bonchev–Trinajstić information content (AvgIpc) is 2.72. The average molecular weight is 215 g/mol. The van der Waals surface area contributed by atoms with Crippen LogP contribution >= 0.6 is 0 Å². The van der Waals surface area contributed by atoms with Gasteiger partial charge in [0, 0.05) is 6.04 Å². The topological polar surface area (TPSA) is 53.1 Å². The van der Waals surface area contributed by atoms with Gasteiger partial charge in [-0.05, 0) is 31.8 Å². The highest BCUT2D eigenvalue weighted by molar-refractivity contribution is 5.72. The molecule has 0 amide bonds. The molecule has 2 rings (SSSR count). The van der Waals surface area contributed by atoms with Crippen LogP contribution in [0.25, 0.3) is 11.1 Å². The van der Waals surface area contributed by atoms with Crippen molar-refractivity contribution in [1.82, 2.24) is 9.88 Å². The van der Waals surface area contributed by atoms with Crippen LogP contribution in [0.15, 0.2) is 29.0 Å². The van der Waals surface area contributed by atoms with Gasteiger partial charge in [-0.1, -0.05) is 6.07 Å². The van der Waals surface area contributed by atoms with E-state index in [9.17, 15) is 0 Å². The van der Waals surface area contributed by atoms with Crippen molar-refractivity contribution < 1.29 is 4.42 Å². The molecule has 1 unspecified atom stereocenters.